The Morgan fingerprint density at radius 1 is 1.26 bits per heavy atom. The number of nitrogens with zero attached hydrogens (tertiary/aromatic N) is 3. The van der Waals surface area contributed by atoms with Crippen LogP contribution in [0, 0.1) is 29.5 Å². The number of ether oxygens (including phenoxy) is 1. The highest BCUT2D eigenvalue weighted by atomic mass is 19.3. The summed E-state index contributed by atoms with van der Waals surface area (Å²) in [5.74, 6) is 0.881. The first kappa shape index (κ1) is 19.8. The van der Waals surface area contributed by atoms with Gasteiger partial charge in [0, 0.05) is 17.5 Å². The minimum atomic E-state index is -2.74. The van der Waals surface area contributed by atoms with E-state index < -0.39 is 6.55 Å². The molecule has 5 atom stereocenters. The number of benzene rings is 1. The van der Waals surface area contributed by atoms with Crippen LogP contribution in [0.3, 0.4) is 0 Å². The van der Waals surface area contributed by atoms with E-state index >= 15 is 0 Å². The maximum absolute atomic E-state index is 13.6. The smallest absolute Gasteiger partial charge is 0.333 e. The van der Waals surface area contributed by atoms with Crippen molar-refractivity contribution < 1.29 is 22.7 Å². The molecule has 1 amide bonds. The quantitative estimate of drug-likeness (QED) is 0.619. The van der Waals surface area contributed by atoms with E-state index in [1.807, 2.05) is 6.92 Å². The number of carbonyl (C=O) groups excluding carboxylic acids is 1. The molecule has 2 saturated carbocycles. The van der Waals surface area contributed by atoms with Gasteiger partial charge in [0.15, 0.2) is 0 Å². The van der Waals surface area contributed by atoms with Crippen molar-refractivity contribution in [1.29, 1.82) is 0 Å². The number of amides is 1. The van der Waals surface area contributed by atoms with Crippen LogP contribution in [-0.2, 0) is 4.79 Å². The number of aromatic nitrogens is 3. The molecule has 2 fully saturated rings. The fourth-order valence-corrected chi connectivity index (χ4v) is 5.00. The van der Waals surface area contributed by atoms with Gasteiger partial charge in [-0.25, -0.2) is 9.07 Å². The van der Waals surface area contributed by atoms with Gasteiger partial charge in [-0.15, -0.1) is 0 Å². The summed E-state index contributed by atoms with van der Waals surface area (Å²) >= 11 is 0. The van der Waals surface area contributed by atoms with Crippen LogP contribution in [0.1, 0.15) is 26.3 Å². The monoisotopic (exact) mass is 430 g/mol. The average molecular weight is 430 g/mol. The van der Waals surface area contributed by atoms with E-state index in [-0.39, 0.29) is 35.4 Å². The molecule has 31 heavy (non-hydrogen) atoms. The first-order valence-corrected chi connectivity index (χ1v) is 10.2. The molecular weight excluding hydrogens is 409 g/mol. The van der Waals surface area contributed by atoms with Crippen molar-refractivity contribution in [1.82, 2.24) is 14.8 Å². The van der Waals surface area contributed by atoms with Crippen LogP contribution < -0.4 is 10.1 Å². The van der Waals surface area contributed by atoms with Gasteiger partial charge in [0.2, 0.25) is 5.91 Å². The van der Waals surface area contributed by atoms with E-state index in [4.69, 9.17) is 4.74 Å². The zero-order chi connectivity index (χ0) is 21.7. The van der Waals surface area contributed by atoms with E-state index in [0.717, 1.165) is 19.0 Å². The molecule has 1 N–H and O–H groups in total. The number of carbonyl (C=O) groups is 1. The molecule has 6 nitrogen and oxygen atoms in total. The van der Waals surface area contributed by atoms with Crippen LogP contribution in [0.2, 0.25) is 0 Å². The van der Waals surface area contributed by atoms with E-state index in [1.54, 1.807) is 18.3 Å². The second kappa shape index (κ2) is 7.55. The van der Waals surface area contributed by atoms with E-state index in [9.17, 15) is 18.0 Å². The molecule has 0 saturated heterocycles. The summed E-state index contributed by atoms with van der Waals surface area (Å²) in [6.45, 7) is -0.873. The van der Waals surface area contributed by atoms with Crippen molar-refractivity contribution in [3.63, 3.8) is 0 Å². The van der Waals surface area contributed by atoms with Crippen LogP contribution in [0.15, 0.2) is 42.9 Å². The zero-order valence-electron chi connectivity index (χ0n) is 16.7. The van der Waals surface area contributed by atoms with Crippen LogP contribution in [0.5, 0.6) is 5.75 Å². The molecule has 0 bridgehead atoms. The summed E-state index contributed by atoms with van der Waals surface area (Å²) in [7, 11) is 0. The summed E-state index contributed by atoms with van der Waals surface area (Å²) < 4.78 is 45.6. The lowest BCUT2D eigenvalue weighted by atomic mass is 9.97. The number of pyridine rings is 1. The molecule has 9 heteroatoms. The Hall–Kier alpha value is -3.10. The van der Waals surface area contributed by atoms with Crippen molar-refractivity contribution in [2.24, 2.45) is 23.7 Å². The third-order valence-electron chi connectivity index (χ3n) is 6.49. The molecule has 162 valence electrons. The van der Waals surface area contributed by atoms with Crippen LogP contribution >= 0.6 is 0 Å². The molecule has 0 aliphatic heterocycles. The normalized spacial score (nSPS) is 25.5. The lowest BCUT2D eigenvalue weighted by Crippen LogP contribution is -2.25. The lowest BCUT2D eigenvalue weighted by Gasteiger charge is -2.20. The van der Waals surface area contributed by atoms with Gasteiger partial charge in [-0.2, -0.15) is 13.9 Å². The first-order chi connectivity index (χ1) is 14.9. The number of anilines is 1. The van der Waals surface area contributed by atoms with Gasteiger partial charge in [-0.3, -0.25) is 9.78 Å². The fraction of sp³-hybridized carbons (Fsp3) is 0.409. The van der Waals surface area contributed by atoms with Gasteiger partial charge in [0.05, 0.1) is 29.7 Å². The molecule has 3 aromatic rings. The van der Waals surface area contributed by atoms with Crippen LogP contribution in [0.25, 0.3) is 10.9 Å². The number of rotatable bonds is 6. The molecule has 0 spiro atoms. The number of halogens is 3. The summed E-state index contributed by atoms with van der Waals surface area (Å²) in [6, 6.07) is 6.18. The molecule has 2 aliphatic carbocycles. The lowest BCUT2D eigenvalue weighted by molar-refractivity contribution is -0.120. The van der Waals surface area contributed by atoms with Gasteiger partial charge >= 0.3 is 6.55 Å². The number of nitrogens with one attached hydrogen (secondary N) is 1. The summed E-state index contributed by atoms with van der Waals surface area (Å²) in [5.41, 5.74) is 0.946. The van der Waals surface area contributed by atoms with Crippen molar-refractivity contribution in [3.8, 4) is 5.75 Å². The average Bonchev–Trinajstić information content (AvgIpc) is 3.08. The highest BCUT2D eigenvalue weighted by Crippen LogP contribution is 2.61. The van der Waals surface area contributed by atoms with E-state index in [2.05, 4.69) is 15.4 Å². The Bertz CT molecular complexity index is 1120. The third-order valence-corrected chi connectivity index (χ3v) is 6.49. The van der Waals surface area contributed by atoms with Gasteiger partial charge in [-0.1, -0.05) is 6.92 Å². The maximum atomic E-state index is 13.6. The maximum Gasteiger partial charge on any atom is 0.333 e. The number of hydrogen-bond acceptors (Lipinski definition) is 4. The predicted octanol–water partition coefficient (Wildman–Crippen LogP) is 4.64. The largest absolute Gasteiger partial charge is 0.490 e. The molecule has 2 aromatic heterocycles. The zero-order valence-corrected chi connectivity index (χ0v) is 16.7. The first-order valence-electron chi connectivity index (χ1n) is 10.2. The third kappa shape index (κ3) is 3.73. The topological polar surface area (TPSA) is 69.0 Å². The molecule has 0 radical (unpaired) electrons. The molecule has 1 unspecified atom stereocenters. The summed E-state index contributed by atoms with van der Waals surface area (Å²) in [4.78, 5) is 16.8. The SMILES string of the molecule is CC(C(=O)Nc1cnn(C(F)F)c1)[C@H]1[C@@H]2C[C@@H](Oc3ccnc4ccc(F)cc34)C[C@@H]21. The van der Waals surface area contributed by atoms with Crippen molar-refractivity contribution in [2.75, 3.05) is 5.32 Å². The van der Waals surface area contributed by atoms with E-state index in [0.29, 0.717) is 33.2 Å². The molecule has 5 rings (SSSR count). The molecular formula is C22H21F3N4O2. The van der Waals surface area contributed by atoms with Gasteiger partial charge in [-0.05, 0) is 54.9 Å². The van der Waals surface area contributed by atoms with Crippen molar-refractivity contribution in [3.05, 3.63) is 48.7 Å². The van der Waals surface area contributed by atoms with Crippen LogP contribution in [-0.4, -0.2) is 26.8 Å². The fourth-order valence-electron chi connectivity index (χ4n) is 5.00. The Balaban J connectivity index is 1.18. The highest BCUT2D eigenvalue weighted by molar-refractivity contribution is 5.92. The number of fused-ring (bicyclic) bond motifs is 2. The molecule has 1 aromatic carbocycles. The van der Waals surface area contributed by atoms with Gasteiger partial charge in [0.1, 0.15) is 11.6 Å². The van der Waals surface area contributed by atoms with Crippen molar-refractivity contribution >= 4 is 22.5 Å². The Morgan fingerprint density at radius 2 is 2.03 bits per heavy atom. The second-order valence-corrected chi connectivity index (χ2v) is 8.35. The summed E-state index contributed by atoms with van der Waals surface area (Å²) in [5, 5.41) is 6.85. The Kier molecular flexibility index (Phi) is 4.83. The van der Waals surface area contributed by atoms with Crippen molar-refractivity contribution in [2.45, 2.75) is 32.4 Å². The number of alkyl halides is 2. The standard InChI is InChI=1S/C22H21F3N4O2/c1-11(21(30)28-13-9-27-29(10-13)22(24)25)20-15-7-14(8-16(15)20)31-19-4-5-26-18-3-2-12(23)6-17(18)19/h2-6,9-11,14-16,20,22H,7-8H2,1H3,(H,28,30)/t11?,14-,15-,16+,20+. The van der Waals surface area contributed by atoms with Gasteiger partial charge in [0.25, 0.3) is 0 Å². The highest BCUT2D eigenvalue weighted by Gasteiger charge is 2.59. The Labute approximate surface area is 176 Å². The van der Waals surface area contributed by atoms with Crippen LogP contribution in [0.4, 0.5) is 18.9 Å². The molecule has 2 heterocycles. The predicted molar refractivity (Wildman–Crippen MR) is 107 cm³/mol. The molecule has 2 aliphatic rings. The minimum Gasteiger partial charge on any atom is -0.490 e. The minimum absolute atomic E-state index is 0.0136. The summed E-state index contributed by atoms with van der Waals surface area (Å²) in [6.07, 6.45) is 5.66. The van der Waals surface area contributed by atoms with Gasteiger partial charge < -0.3 is 10.1 Å². The second-order valence-electron chi connectivity index (χ2n) is 8.35. The Morgan fingerprint density at radius 3 is 2.74 bits per heavy atom. The number of hydrogen-bond donors (Lipinski definition) is 1. The van der Waals surface area contributed by atoms with E-state index in [1.165, 1.54) is 18.3 Å².